The first kappa shape index (κ1) is 29.0. The molecule has 0 amide bonds. The van der Waals surface area contributed by atoms with Crippen LogP contribution in [0.1, 0.15) is 82.9 Å². The van der Waals surface area contributed by atoms with E-state index in [1.165, 1.54) is 18.4 Å². The molecule has 1 saturated carbocycles. The van der Waals surface area contributed by atoms with Crippen molar-refractivity contribution in [1.82, 2.24) is 9.88 Å². The number of benzene rings is 1. The minimum absolute atomic E-state index is 0.0178. The summed E-state index contributed by atoms with van der Waals surface area (Å²) in [4.78, 5) is 19.7. The summed E-state index contributed by atoms with van der Waals surface area (Å²) in [6, 6.07) is 14.0. The van der Waals surface area contributed by atoms with Crippen LogP contribution < -0.4 is 0 Å². The third kappa shape index (κ3) is 8.53. The average Bonchev–Trinajstić information content (AvgIpc) is 2.91. The van der Waals surface area contributed by atoms with Crippen LogP contribution in [-0.2, 0) is 14.3 Å². The minimum atomic E-state index is -0.0178. The summed E-state index contributed by atoms with van der Waals surface area (Å²) < 4.78 is 12.4. The molecule has 0 bridgehead atoms. The fourth-order valence-corrected chi connectivity index (χ4v) is 6.21. The molecule has 2 heterocycles. The van der Waals surface area contributed by atoms with Crippen molar-refractivity contribution in [3.05, 3.63) is 64.9 Å². The van der Waals surface area contributed by atoms with Crippen LogP contribution in [-0.4, -0.2) is 54.3 Å². The van der Waals surface area contributed by atoms with Gasteiger partial charge in [-0.2, -0.15) is 0 Å². The third-order valence-electron chi connectivity index (χ3n) is 8.45. The molecule has 1 aliphatic carbocycles. The number of pyridine rings is 1. The Morgan fingerprint density at radius 3 is 2.53 bits per heavy atom. The van der Waals surface area contributed by atoms with Gasteiger partial charge in [-0.05, 0) is 86.2 Å². The van der Waals surface area contributed by atoms with Gasteiger partial charge in [-0.15, -0.1) is 0 Å². The molecule has 1 unspecified atom stereocenters. The maximum atomic E-state index is 12.6. The first-order valence-electron chi connectivity index (χ1n) is 14.6. The lowest BCUT2D eigenvalue weighted by atomic mass is 9.75. The maximum Gasteiger partial charge on any atom is 0.306 e. The van der Waals surface area contributed by atoms with Crippen molar-refractivity contribution >= 4 is 17.6 Å². The van der Waals surface area contributed by atoms with Gasteiger partial charge in [-0.1, -0.05) is 57.0 Å². The van der Waals surface area contributed by atoms with Gasteiger partial charge in [0.1, 0.15) is 6.10 Å². The number of rotatable bonds is 11. The number of halogens is 1. The van der Waals surface area contributed by atoms with E-state index in [0.717, 1.165) is 56.0 Å². The average molecular weight is 541 g/mol. The third-order valence-corrected chi connectivity index (χ3v) is 8.70. The number of aromatic nitrogens is 1. The fraction of sp³-hybridized carbons (Fsp3) is 0.625. The highest BCUT2D eigenvalue weighted by Crippen LogP contribution is 2.35. The number of carbonyl (C=O) groups excluding carboxylic acids is 1. The number of esters is 1. The molecule has 1 aliphatic heterocycles. The molecule has 1 saturated heterocycles. The van der Waals surface area contributed by atoms with Gasteiger partial charge in [-0.3, -0.25) is 9.78 Å². The Labute approximate surface area is 234 Å². The second kappa shape index (κ2) is 14.4. The normalized spacial score (nSPS) is 23.9. The zero-order chi connectivity index (χ0) is 26.9. The predicted octanol–water partition coefficient (Wildman–Crippen LogP) is 7.13. The molecule has 4 atom stereocenters. The van der Waals surface area contributed by atoms with Crippen molar-refractivity contribution in [3.63, 3.8) is 0 Å². The molecule has 0 radical (unpaired) electrons. The highest BCUT2D eigenvalue weighted by Gasteiger charge is 2.33. The second-order valence-electron chi connectivity index (χ2n) is 11.7. The van der Waals surface area contributed by atoms with Crippen molar-refractivity contribution in [2.75, 3.05) is 26.2 Å². The predicted molar refractivity (Wildman–Crippen MR) is 153 cm³/mol. The van der Waals surface area contributed by atoms with E-state index in [4.69, 9.17) is 21.1 Å². The number of ether oxygens (including phenoxy) is 2. The largest absolute Gasteiger partial charge is 0.462 e. The molecule has 4 rings (SSSR count). The van der Waals surface area contributed by atoms with E-state index in [9.17, 15) is 4.79 Å². The van der Waals surface area contributed by atoms with Gasteiger partial charge >= 0.3 is 5.97 Å². The van der Waals surface area contributed by atoms with Crippen LogP contribution in [0.3, 0.4) is 0 Å². The monoisotopic (exact) mass is 540 g/mol. The van der Waals surface area contributed by atoms with Crippen molar-refractivity contribution in [2.24, 2.45) is 17.8 Å². The smallest absolute Gasteiger partial charge is 0.306 e. The van der Waals surface area contributed by atoms with Crippen LogP contribution in [0.5, 0.6) is 0 Å². The summed E-state index contributed by atoms with van der Waals surface area (Å²) in [5.41, 5.74) is 2.18. The maximum absolute atomic E-state index is 12.6. The lowest BCUT2D eigenvalue weighted by Crippen LogP contribution is -2.38. The SMILES string of the molecule is CC(C)[C@@H]1CC[C@@H](C)C[C@H]1OC(=O)CCCN1CCC(OCC(c2ccc(Cl)cc2)c2ccccn2)CC1. The highest BCUT2D eigenvalue weighted by molar-refractivity contribution is 6.30. The molecule has 5 nitrogen and oxygen atoms in total. The lowest BCUT2D eigenvalue weighted by molar-refractivity contribution is -0.156. The van der Waals surface area contributed by atoms with Gasteiger partial charge < -0.3 is 14.4 Å². The minimum Gasteiger partial charge on any atom is -0.462 e. The first-order valence-corrected chi connectivity index (χ1v) is 15.0. The van der Waals surface area contributed by atoms with Gasteiger partial charge in [0.2, 0.25) is 0 Å². The molecule has 1 aromatic carbocycles. The summed E-state index contributed by atoms with van der Waals surface area (Å²) in [7, 11) is 0. The fourth-order valence-electron chi connectivity index (χ4n) is 6.09. The number of hydrogen-bond acceptors (Lipinski definition) is 5. The van der Waals surface area contributed by atoms with Crippen LogP contribution >= 0.6 is 11.6 Å². The first-order chi connectivity index (χ1) is 18.4. The Balaban J connectivity index is 1.18. The molecular weight excluding hydrogens is 496 g/mol. The van der Waals surface area contributed by atoms with Gasteiger partial charge in [0, 0.05) is 36.6 Å². The van der Waals surface area contributed by atoms with Crippen molar-refractivity contribution in [1.29, 1.82) is 0 Å². The van der Waals surface area contributed by atoms with E-state index in [1.807, 2.05) is 30.5 Å². The van der Waals surface area contributed by atoms with Crippen LogP contribution in [0.25, 0.3) is 0 Å². The molecule has 2 aromatic rings. The van der Waals surface area contributed by atoms with E-state index >= 15 is 0 Å². The Kier molecular flexibility index (Phi) is 11.0. The number of likely N-dealkylation sites (tertiary alicyclic amines) is 1. The summed E-state index contributed by atoms with van der Waals surface area (Å²) in [6.45, 7) is 10.3. The van der Waals surface area contributed by atoms with E-state index in [0.29, 0.717) is 30.8 Å². The van der Waals surface area contributed by atoms with Crippen LogP contribution in [0.4, 0.5) is 0 Å². The Morgan fingerprint density at radius 2 is 1.84 bits per heavy atom. The van der Waals surface area contributed by atoms with Crippen molar-refractivity contribution in [2.45, 2.75) is 83.8 Å². The highest BCUT2D eigenvalue weighted by atomic mass is 35.5. The van der Waals surface area contributed by atoms with E-state index < -0.39 is 0 Å². The summed E-state index contributed by atoms with van der Waals surface area (Å²) >= 11 is 6.12. The van der Waals surface area contributed by atoms with E-state index in [-0.39, 0.29) is 24.1 Å². The summed E-state index contributed by atoms with van der Waals surface area (Å²) in [5, 5.41) is 0.735. The zero-order valence-electron chi connectivity index (χ0n) is 23.4. The lowest BCUT2D eigenvalue weighted by Gasteiger charge is -2.36. The van der Waals surface area contributed by atoms with E-state index in [1.54, 1.807) is 0 Å². The second-order valence-corrected chi connectivity index (χ2v) is 12.1. The van der Waals surface area contributed by atoms with Gasteiger partial charge in [0.05, 0.1) is 18.4 Å². The molecule has 38 heavy (non-hydrogen) atoms. The number of piperidine rings is 1. The molecule has 0 spiro atoms. The summed E-state index contributed by atoms with van der Waals surface area (Å²) in [6.07, 6.45) is 9.02. The van der Waals surface area contributed by atoms with Crippen molar-refractivity contribution in [3.8, 4) is 0 Å². The van der Waals surface area contributed by atoms with Crippen LogP contribution in [0.15, 0.2) is 48.7 Å². The van der Waals surface area contributed by atoms with Gasteiger partial charge in [0.15, 0.2) is 0 Å². The molecule has 2 aliphatic rings. The number of hydrogen-bond donors (Lipinski definition) is 0. The Hall–Kier alpha value is -1.95. The zero-order valence-corrected chi connectivity index (χ0v) is 24.1. The van der Waals surface area contributed by atoms with Crippen LogP contribution in [0.2, 0.25) is 5.02 Å². The topological polar surface area (TPSA) is 51.7 Å². The Morgan fingerprint density at radius 1 is 1.08 bits per heavy atom. The van der Waals surface area contributed by atoms with Gasteiger partial charge in [-0.25, -0.2) is 0 Å². The molecule has 208 valence electrons. The quantitative estimate of drug-likeness (QED) is 0.284. The molecule has 2 fully saturated rings. The number of nitrogens with zero attached hydrogens (tertiary/aromatic N) is 2. The standard InChI is InChI=1S/C32H45ClN2O3/c1-23(2)28-14-9-24(3)21-31(28)38-32(36)8-6-18-35-19-15-27(16-20-35)37-22-29(30-7-4-5-17-34-30)25-10-12-26(33)13-11-25/h4-5,7,10-13,17,23-24,27-29,31H,6,8-9,14-16,18-22H2,1-3H3/t24-,28+,29?,31-/m1/s1. The summed E-state index contributed by atoms with van der Waals surface area (Å²) in [5.74, 6) is 1.79. The van der Waals surface area contributed by atoms with Gasteiger partial charge in [0.25, 0.3) is 0 Å². The number of carbonyl (C=O) groups is 1. The molecule has 0 N–H and O–H groups in total. The van der Waals surface area contributed by atoms with Crippen LogP contribution in [0, 0.1) is 17.8 Å². The van der Waals surface area contributed by atoms with E-state index in [2.05, 4.69) is 48.9 Å². The van der Waals surface area contributed by atoms with Crippen molar-refractivity contribution < 1.29 is 14.3 Å². The Bertz CT molecular complexity index is 976. The molecular formula is C32H45ClN2O3. The molecule has 1 aromatic heterocycles. The molecule has 6 heteroatoms.